The Balaban J connectivity index is 0. The summed E-state index contributed by atoms with van der Waals surface area (Å²) in [6, 6.07) is 0. The minimum atomic E-state index is -5.03. The van der Waals surface area contributed by atoms with Crippen molar-refractivity contribution >= 4 is 22.1 Å². The van der Waals surface area contributed by atoms with E-state index in [0.29, 0.717) is 6.42 Å². The predicted octanol–water partition coefficient (Wildman–Crippen LogP) is -0.157. The van der Waals surface area contributed by atoms with E-state index >= 15 is 0 Å². The maximum absolute atomic E-state index is 11.5. The molecular formula is C16H29NaO7S. The van der Waals surface area contributed by atoms with Crippen molar-refractivity contribution in [3.05, 3.63) is 0 Å². The van der Waals surface area contributed by atoms with E-state index < -0.39 is 33.7 Å². The van der Waals surface area contributed by atoms with Gasteiger partial charge in [-0.1, -0.05) is 64.7 Å². The quantitative estimate of drug-likeness (QED) is 0.179. The van der Waals surface area contributed by atoms with Crippen LogP contribution in [0, 0.1) is 0 Å². The average molecular weight is 388 g/mol. The molecule has 0 radical (unpaired) electrons. The van der Waals surface area contributed by atoms with Crippen LogP contribution in [-0.2, 0) is 24.4 Å². The minimum Gasteiger partial charge on any atom is -0.747 e. The van der Waals surface area contributed by atoms with Gasteiger partial charge in [-0.15, -0.1) is 0 Å². The number of unbranched alkanes of at least 4 members (excludes halogenated alkanes) is 9. The molecule has 0 saturated carbocycles. The second kappa shape index (κ2) is 16.1. The van der Waals surface area contributed by atoms with Crippen LogP contribution in [0.25, 0.3) is 0 Å². The summed E-state index contributed by atoms with van der Waals surface area (Å²) in [5.74, 6) is -2.81. The van der Waals surface area contributed by atoms with Gasteiger partial charge in [0.15, 0.2) is 5.25 Å². The van der Waals surface area contributed by atoms with Gasteiger partial charge < -0.3 is 14.4 Å². The zero-order valence-electron chi connectivity index (χ0n) is 15.4. The second-order valence-corrected chi connectivity index (χ2v) is 7.48. The van der Waals surface area contributed by atoms with Crippen molar-refractivity contribution in [1.29, 1.82) is 0 Å². The first-order valence-corrected chi connectivity index (χ1v) is 10.1. The molecule has 0 aromatic rings. The Hall–Kier alpha value is -0.150. The Morgan fingerprint density at radius 2 is 1.40 bits per heavy atom. The van der Waals surface area contributed by atoms with Crippen molar-refractivity contribution in [1.82, 2.24) is 0 Å². The number of esters is 1. The molecule has 0 aromatic carbocycles. The normalized spacial score (nSPS) is 12.2. The standard InChI is InChI=1S/C16H30O7S.Na/c1-2-3-4-5-6-7-8-9-10-11-12-23-16(19)14(13-15(17)18)24(20,21)22;/h14H,2-13H2,1H3,(H,17,18)(H,20,21,22);/q;+1/p-1. The van der Waals surface area contributed by atoms with E-state index in [0.717, 1.165) is 19.3 Å². The first-order chi connectivity index (χ1) is 11.3. The van der Waals surface area contributed by atoms with Gasteiger partial charge in [0.1, 0.15) is 10.1 Å². The summed E-state index contributed by atoms with van der Waals surface area (Å²) >= 11 is 0. The number of ether oxygens (including phenoxy) is 1. The number of aliphatic carboxylic acids is 1. The third kappa shape index (κ3) is 15.8. The summed E-state index contributed by atoms with van der Waals surface area (Å²) < 4.78 is 37.4. The van der Waals surface area contributed by atoms with Gasteiger partial charge in [0.25, 0.3) is 0 Å². The summed E-state index contributed by atoms with van der Waals surface area (Å²) in [6.07, 6.45) is 9.94. The monoisotopic (exact) mass is 388 g/mol. The summed E-state index contributed by atoms with van der Waals surface area (Å²) in [6.45, 7) is 2.18. The largest absolute Gasteiger partial charge is 1.00 e. The molecule has 142 valence electrons. The number of carbonyl (C=O) groups excluding carboxylic acids is 1. The van der Waals surface area contributed by atoms with Gasteiger partial charge in [0.2, 0.25) is 0 Å². The van der Waals surface area contributed by atoms with E-state index in [2.05, 4.69) is 6.92 Å². The Labute approximate surface area is 172 Å². The molecule has 0 aliphatic rings. The number of carboxylic acids is 1. The van der Waals surface area contributed by atoms with Crippen LogP contribution < -0.4 is 29.6 Å². The van der Waals surface area contributed by atoms with Crippen LogP contribution in [-0.4, -0.2) is 41.9 Å². The fourth-order valence-corrected chi connectivity index (χ4v) is 2.97. The average Bonchev–Trinajstić information content (AvgIpc) is 2.48. The first-order valence-electron chi connectivity index (χ1n) is 8.62. The molecule has 1 atom stereocenters. The summed E-state index contributed by atoms with van der Waals surface area (Å²) in [5.41, 5.74) is 0. The molecule has 0 fully saturated rings. The van der Waals surface area contributed by atoms with Crippen molar-refractivity contribution in [2.45, 2.75) is 82.8 Å². The molecule has 0 aliphatic carbocycles. The van der Waals surface area contributed by atoms with Crippen LogP contribution in [0.3, 0.4) is 0 Å². The molecule has 0 saturated heterocycles. The molecule has 0 rings (SSSR count). The van der Waals surface area contributed by atoms with Crippen molar-refractivity contribution in [2.24, 2.45) is 0 Å². The third-order valence-electron chi connectivity index (χ3n) is 3.71. The molecule has 1 unspecified atom stereocenters. The second-order valence-electron chi connectivity index (χ2n) is 5.93. The number of hydrogen-bond donors (Lipinski definition) is 1. The van der Waals surface area contributed by atoms with E-state index in [-0.39, 0.29) is 36.2 Å². The van der Waals surface area contributed by atoms with Gasteiger partial charge in [-0.25, -0.2) is 8.42 Å². The predicted molar refractivity (Wildman–Crippen MR) is 88.5 cm³/mol. The van der Waals surface area contributed by atoms with Crippen LogP contribution in [0.15, 0.2) is 0 Å². The minimum absolute atomic E-state index is 0. The van der Waals surface area contributed by atoms with E-state index in [9.17, 15) is 22.6 Å². The van der Waals surface area contributed by atoms with E-state index in [4.69, 9.17) is 9.84 Å². The van der Waals surface area contributed by atoms with Crippen LogP contribution in [0.5, 0.6) is 0 Å². The molecule has 0 aromatic heterocycles. The number of carboxylic acid groups (broad SMARTS) is 1. The molecule has 25 heavy (non-hydrogen) atoms. The Morgan fingerprint density at radius 1 is 0.960 bits per heavy atom. The molecule has 1 N–H and O–H groups in total. The van der Waals surface area contributed by atoms with Gasteiger partial charge in [0.05, 0.1) is 13.0 Å². The first kappa shape index (κ1) is 27.1. The van der Waals surface area contributed by atoms with Crippen LogP contribution in [0.4, 0.5) is 0 Å². The Kier molecular flexibility index (Phi) is 17.4. The number of rotatable bonds is 15. The zero-order valence-corrected chi connectivity index (χ0v) is 18.2. The molecule has 0 bridgehead atoms. The van der Waals surface area contributed by atoms with Crippen molar-refractivity contribution < 1.29 is 62.0 Å². The Morgan fingerprint density at radius 3 is 1.80 bits per heavy atom. The van der Waals surface area contributed by atoms with Crippen LogP contribution in [0.1, 0.15) is 77.6 Å². The van der Waals surface area contributed by atoms with Crippen molar-refractivity contribution in [2.75, 3.05) is 6.61 Å². The molecule has 0 spiro atoms. The fraction of sp³-hybridized carbons (Fsp3) is 0.875. The summed E-state index contributed by atoms with van der Waals surface area (Å²) in [7, 11) is -5.03. The third-order valence-corrected chi connectivity index (χ3v) is 4.77. The molecule has 7 nitrogen and oxygen atoms in total. The van der Waals surface area contributed by atoms with Gasteiger partial charge in [-0.3, -0.25) is 9.59 Å². The van der Waals surface area contributed by atoms with Gasteiger partial charge in [-0.05, 0) is 6.42 Å². The molecule has 0 amide bonds. The van der Waals surface area contributed by atoms with Crippen molar-refractivity contribution in [3.8, 4) is 0 Å². The molecule has 0 aliphatic heterocycles. The smallest absolute Gasteiger partial charge is 0.747 e. The topological polar surface area (TPSA) is 121 Å². The summed E-state index contributed by atoms with van der Waals surface area (Å²) in [5, 5.41) is 6.38. The fourth-order valence-electron chi connectivity index (χ4n) is 2.32. The van der Waals surface area contributed by atoms with E-state index in [1.807, 2.05) is 0 Å². The number of carbonyl (C=O) groups is 2. The maximum Gasteiger partial charge on any atom is 1.00 e. The molecule has 9 heteroatoms. The van der Waals surface area contributed by atoms with E-state index in [1.165, 1.54) is 38.5 Å². The SMILES string of the molecule is CCCCCCCCCCCCOC(=O)C(CC(=O)O)S(=O)(=O)[O-].[Na+]. The van der Waals surface area contributed by atoms with E-state index in [1.54, 1.807) is 0 Å². The maximum atomic E-state index is 11.5. The molecule has 0 heterocycles. The van der Waals surface area contributed by atoms with Crippen LogP contribution in [0.2, 0.25) is 0 Å². The Bertz CT molecular complexity index is 465. The van der Waals surface area contributed by atoms with Gasteiger partial charge in [0, 0.05) is 0 Å². The zero-order chi connectivity index (χ0) is 18.4. The van der Waals surface area contributed by atoms with Crippen LogP contribution >= 0.6 is 0 Å². The van der Waals surface area contributed by atoms with Gasteiger partial charge >= 0.3 is 41.5 Å². The van der Waals surface area contributed by atoms with Gasteiger partial charge in [-0.2, -0.15) is 0 Å². The molecular weight excluding hydrogens is 359 g/mol. The summed E-state index contributed by atoms with van der Waals surface area (Å²) in [4.78, 5) is 22.0. The number of hydrogen-bond acceptors (Lipinski definition) is 6. The van der Waals surface area contributed by atoms with Crippen molar-refractivity contribution in [3.63, 3.8) is 0 Å².